The number of carbonyl (C=O) groups excluding carboxylic acids is 2. The molecule has 0 amide bonds. The molecule has 20 heavy (non-hydrogen) atoms. The van der Waals surface area contributed by atoms with Crippen LogP contribution in [0.1, 0.15) is 17.9 Å². The van der Waals surface area contributed by atoms with Gasteiger partial charge in [-0.05, 0) is 29.8 Å². The number of ether oxygens (including phenoxy) is 2. The Bertz CT molecular complexity index is 649. The van der Waals surface area contributed by atoms with Crippen LogP contribution in [0.15, 0.2) is 54.6 Å². The molecule has 0 aliphatic carbocycles. The zero-order valence-corrected chi connectivity index (χ0v) is 10.6. The van der Waals surface area contributed by atoms with Gasteiger partial charge in [-0.1, -0.05) is 30.3 Å². The van der Waals surface area contributed by atoms with Crippen molar-refractivity contribution in [3.63, 3.8) is 0 Å². The first-order chi connectivity index (χ1) is 9.72. The van der Waals surface area contributed by atoms with Crippen LogP contribution in [-0.2, 0) is 14.3 Å². The molecule has 1 fully saturated rings. The third-order valence-electron chi connectivity index (χ3n) is 3.11. The van der Waals surface area contributed by atoms with Crippen LogP contribution < -0.4 is 4.74 Å². The monoisotopic (exact) mass is 268 g/mol. The van der Waals surface area contributed by atoms with Crippen LogP contribution in [0.4, 0.5) is 0 Å². The summed E-state index contributed by atoms with van der Waals surface area (Å²) in [5.41, 5.74) is 0.731. The van der Waals surface area contributed by atoms with Crippen molar-refractivity contribution in [1.29, 1.82) is 0 Å². The van der Waals surface area contributed by atoms with Gasteiger partial charge >= 0.3 is 11.9 Å². The molecule has 0 saturated carbocycles. The van der Waals surface area contributed by atoms with E-state index in [2.05, 4.69) is 4.74 Å². The Morgan fingerprint density at radius 2 is 1.70 bits per heavy atom. The summed E-state index contributed by atoms with van der Waals surface area (Å²) in [6.07, 6.45) is 0.0909. The van der Waals surface area contributed by atoms with Crippen molar-refractivity contribution >= 4 is 11.9 Å². The van der Waals surface area contributed by atoms with Gasteiger partial charge in [0.15, 0.2) is 0 Å². The highest BCUT2D eigenvalue weighted by atomic mass is 16.6. The van der Waals surface area contributed by atoms with E-state index >= 15 is 0 Å². The van der Waals surface area contributed by atoms with Crippen LogP contribution in [-0.4, -0.2) is 11.9 Å². The van der Waals surface area contributed by atoms with E-state index in [0.29, 0.717) is 5.75 Å². The molecule has 3 rings (SSSR count). The molecular formula is C16H12O4. The minimum absolute atomic E-state index is 0.0909. The number of hydrogen-bond donors (Lipinski definition) is 0. The van der Waals surface area contributed by atoms with Gasteiger partial charge in [-0.15, -0.1) is 0 Å². The van der Waals surface area contributed by atoms with Crippen molar-refractivity contribution in [3.8, 4) is 11.5 Å². The average Bonchev–Trinajstić information content (AvgIpc) is 2.79. The largest absolute Gasteiger partial charge is 0.457 e. The lowest BCUT2D eigenvalue weighted by atomic mass is 9.97. The van der Waals surface area contributed by atoms with Gasteiger partial charge in [0.25, 0.3) is 0 Å². The maximum absolute atomic E-state index is 11.6. The SMILES string of the molecule is O=C1CC(c2cccc(Oc3ccccc3)c2)C(=O)O1. The number of cyclic esters (lactones) is 2. The highest BCUT2D eigenvalue weighted by Gasteiger charge is 2.34. The molecule has 0 aromatic heterocycles. The van der Waals surface area contributed by atoms with Gasteiger partial charge in [-0.25, -0.2) is 0 Å². The molecule has 1 heterocycles. The van der Waals surface area contributed by atoms with Crippen molar-refractivity contribution in [2.75, 3.05) is 0 Å². The maximum atomic E-state index is 11.6. The molecule has 0 spiro atoms. The van der Waals surface area contributed by atoms with Gasteiger partial charge in [0, 0.05) is 0 Å². The smallest absolute Gasteiger partial charge is 0.321 e. The quantitative estimate of drug-likeness (QED) is 0.634. The number of benzene rings is 2. The maximum Gasteiger partial charge on any atom is 0.321 e. The van der Waals surface area contributed by atoms with E-state index in [1.54, 1.807) is 24.3 Å². The van der Waals surface area contributed by atoms with Crippen molar-refractivity contribution in [2.45, 2.75) is 12.3 Å². The lowest BCUT2D eigenvalue weighted by Crippen LogP contribution is -2.05. The number of carbonyl (C=O) groups is 2. The van der Waals surface area contributed by atoms with E-state index in [0.717, 1.165) is 11.3 Å². The molecule has 1 unspecified atom stereocenters. The normalized spacial score (nSPS) is 17.9. The molecule has 4 nitrogen and oxygen atoms in total. The zero-order valence-electron chi connectivity index (χ0n) is 10.6. The van der Waals surface area contributed by atoms with Crippen LogP contribution in [0.2, 0.25) is 0 Å². The van der Waals surface area contributed by atoms with Crippen molar-refractivity contribution in [1.82, 2.24) is 0 Å². The van der Waals surface area contributed by atoms with E-state index in [1.165, 1.54) is 0 Å². The third-order valence-corrected chi connectivity index (χ3v) is 3.11. The molecule has 1 aliphatic heterocycles. The molecule has 1 atom stereocenters. The summed E-state index contributed by atoms with van der Waals surface area (Å²) in [6, 6.07) is 16.5. The number of hydrogen-bond acceptors (Lipinski definition) is 4. The summed E-state index contributed by atoms with van der Waals surface area (Å²) in [7, 11) is 0. The second-order valence-corrected chi connectivity index (χ2v) is 4.54. The molecule has 100 valence electrons. The summed E-state index contributed by atoms with van der Waals surface area (Å²) in [4.78, 5) is 22.7. The first-order valence-corrected chi connectivity index (χ1v) is 6.30. The van der Waals surface area contributed by atoms with Crippen LogP contribution in [0.25, 0.3) is 0 Å². The standard InChI is InChI=1S/C16H12O4/c17-15-10-14(16(18)20-15)11-5-4-8-13(9-11)19-12-6-2-1-3-7-12/h1-9,14H,10H2. The Morgan fingerprint density at radius 3 is 2.40 bits per heavy atom. The van der Waals surface area contributed by atoms with Crippen LogP contribution in [0, 0.1) is 0 Å². The lowest BCUT2D eigenvalue weighted by Gasteiger charge is -2.09. The second kappa shape index (κ2) is 5.17. The van der Waals surface area contributed by atoms with E-state index in [1.807, 2.05) is 30.3 Å². The number of esters is 2. The highest BCUT2D eigenvalue weighted by Crippen LogP contribution is 2.31. The molecule has 0 radical (unpaired) electrons. The molecule has 1 saturated heterocycles. The van der Waals surface area contributed by atoms with Crippen molar-refractivity contribution < 1.29 is 19.1 Å². The molecule has 1 aliphatic rings. The molecule has 4 heteroatoms. The van der Waals surface area contributed by atoms with Gasteiger partial charge in [-0.2, -0.15) is 0 Å². The van der Waals surface area contributed by atoms with E-state index in [4.69, 9.17) is 4.74 Å². The highest BCUT2D eigenvalue weighted by molar-refractivity contribution is 5.97. The van der Waals surface area contributed by atoms with Gasteiger partial charge in [-0.3, -0.25) is 9.59 Å². The predicted molar refractivity (Wildman–Crippen MR) is 71.4 cm³/mol. The van der Waals surface area contributed by atoms with Gasteiger partial charge < -0.3 is 9.47 Å². The Hall–Kier alpha value is -2.62. The molecular weight excluding hydrogens is 256 g/mol. The lowest BCUT2D eigenvalue weighted by molar-refractivity contribution is -0.152. The molecule has 2 aromatic carbocycles. The average molecular weight is 268 g/mol. The fraction of sp³-hybridized carbons (Fsp3) is 0.125. The predicted octanol–water partition coefficient (Wildman–Crippen LogP) is 3.04. The summed E-state index contributed by atoms with van der Waals surface area (Å²) in [5, 5.41) is 0. The van der Waals surface area contributed by atoms with Crippen LogP contribution >= 0.6 is 0 Å². The number of rotatable bonds is 3. The van der Waals surface area contributed by atoms with Gasteiger partial charge in [0.05, 0.1) is 12.3 Å². The second-order valence-electron chi connectivity index (χ2n) is 4.54. The van der Waals surface area contributed by atoms with Crippen LogP contribution in [0.5, 0.6) is 11.5 Å². The molecule has 0 N–H and O–H groups in total. The minimum Gasteiger partial charge on any atom is -0.457 e. The summed E-state index contributed by atoms with van der Waals surface area (Å²) >= 11 is 0. The Kier molecular flexibility index (Phi) is 3.21. The van der Waals surface area contributed by atoms with E-state index in [-0.39, 0.29) is 6.42 Å². The van der Waals surface area contributed by atoms with Gasteiger partial charge in [0.1, 0.15) is 11.5 Å². The Balaban J connectivity index is 1.83. The zero-order chi connectivity index (χ0) is 13.9. The summed E-state index contributed by atoms with van der Waals surface area (Å²) in [6.45, 7) is 0. The van der Waals surface area contributed by atoms with Gasteiger partial charge in [0.2, 0.25) is 0 Å². The summed E-state index contributed by atoms with van der Waals surface area (Å²) in [5.74, 6) is -0.154. The van der Waals surface area contributed by atoms with Crippen molar-refractivity contribution in [3.05, 3.63) is 60.2 Å². The minimum atomic E-state index is -0.526. The fourth-order valence-electron chi connectivity index (χ4n) is 2.15. The number of para-hydroxylation sites is 1. The first-order valence-electron chi connectivity index (χ1n) is 6.30. The summed E-state index contributed by atoms with van der Waals surface area (Å²) < 4.78 is 10.3. The Labute approximate surface area is 115 Å². The fourth-order valence-corrected chi connectivity index (χ4v) is 2.15. The molecule has 2 aromatic rings. The van der Waals surface area contributed by atoms with Crippen LogP contribution in [0.3, 0.4) is 0 Å². The first kappa shape index (κ1) is 12.4. The third kappa shape index (κ3) is 2.54. The Morgan fingerprint density at radius 1 is 0.950 bits per heavy atom. The van der Waals surface area contributed by atoms with E-state index in [9.17, 15) is 9.59 Å². The van der Waals surface area contributed by atoms with Crippen molar-refractivity contribution in [2.24, 2.45) is 0 Å². The topological polar surface area (TPSA) is 52.6 Å². The van der Waals surface area contributed by atoms with E-state index < -0.39 is 17.9 Å². The molecule has 0 bridgehead atoms.